The summed E-state index contributed by atoms with van der Waals surface area (Å²) in [7, 11) is 0. The van der Waals surface area contributed by atoms with Gasteiger partial charge in [0, 0.05) is 6.04 Å². The van der Waals surface area contributed by atoms with Crippen LogP contribution in [0.1, 0.15) is 44.6 Å². The third-order valence-electron chi connectivity index (χ3n) is 4.69. The molecule has 0 radical (unpaired) electrons. The molecule has 0 bridgehead atoms. The highest BCUT2D eigenvalue weighted by molar-refractivity contribution is 6.42. The van der Waals surface area contributed by atoms with E-state index in [4.69, 9.17) is 29.0 Å². The highest BCUT2D eigenvalue weighted by atomic mass is 35.5. The van der Waals surface area contributed by atoms with Gasteiger partial charge in [0.2, 0.25) is 0 Å². The molecule has 1 aromatic rings. The molecule has 1 aromatic carbocycles. The normalized spacial score (nSPS) is 24.6. The lowest BCUT2D eigenvalue weighted by Crippen LogP contribution is -2.43. The Morgan fingerprint density at radius 3 is 2.45 bits per heavy atom. The van der Waals surface area contributed by atoms with Crippen molar-refractivity contribution in [1.29, 1.82) is 0 Å². The minimum atomic E-state index is 0.324. The standard InChI is InChI=1S/C16H24Cl2N2/c1-2-11-3-6-13(7-4-11)16(20-19)10-12-5-8-14(17)15(18)9-12/h5,8-9,11,13,16,20H,2-4,6-7,10,19H2,1H3. The van der Waals surface area contributed by atoms with E-state index in [1.165, 1.54) is 37.7 Å². The van der Waals surface area contributed by atoms with Gasteiger partial charge in [-0.25, -0.2) is 0 Å². The number of hydrogen-bond donors (Lipinski definition) is 2. The van der Waals surface area contributed by atoms with Gasteiger partial charge >= 0.3 is 0 Å². The topological polar surface area (TPSA) is 38.0 Å². The summed E-state index contributed by atoms with van der Waals surface area (Å²) in [4.78, 5) is 0. The maximum absolute atomic E-state index is 6.08. The van der Waals surface area contributed by atoms with Crippen LogP contribution >= 0.6 is 23.2 Å². The van der Waals surface area contributed by atoms with Crippen molar-refractivity contribution >= 4 is 23.2 Å². The fourth-order valence-corrected chi connectivity index (χ4v) is 3.60. The summed E-state index contributed by atoms with van der Waals surface area (Å²) >= 11 is 12.0. The minimum absolute atomic E-state index is 0.324. The van der Waals surface area contributed by atoms with Gasteiger partial charge in [-0.2, -0.15) is 0 Å². The van der Waals surface area contributed by atoms with E-state index in [0.717, 1.165) is 12.3 Å². The van der Waals surface area contributed by atoms with Crippen molar-refractivity contribution in [2.75, 3.05) is 0 Å². The molecule has 112 valence electrons. The maximum atomic E-state index is 6.08. The van der Waals surface area contributed by atoms with E-state index in [1.807, 2.05) is 18.2 Å². The summed E-state index contributed by atoms with van der Waals surface area (Å²) in [5, 5.41) is 1.23. The summed E-state index contributed by atoms with van der Waals surface area (Å²) < 4.78 is 0. The second kappa shape index (κ2) is 7.65. The molecule has 1 saturated carbocycles. The molecule has 3 N–H and O–H groups in total. The number of rotatable bonds is 5. The summed E-state index contributed by atoms with van der Waals surface area (Å²) in [6.07, 6.45) is 7.43. The Morgan fingerprint density at radius 1 is 1.20 bits per heavy atom. The zero-order valence-electron chi connectivity index (χ0n) is 12.0. The predicted octanol–water partition coefficient (Wildman–Crippen LogP) is 4.58. The molecule has 1 fully saturated rings. The van der Waals surface area contributed by atoms with Crippen LogP contribution in [0.3, 0.4) is 0 Å². The van der Waals surface area contributed by atoms with Crippen LogP contribution in [0.15, 0.2) is 18.2 Å². The number of nitrogens with one attached hydrogen (secondary N) is 1. The highest BCUT2D eigenvalue weighted by Gasteiger charge is 2.26. The molecule has 20 heavy (non-hydrogen) atoms. The second-order valence-electron chi connectivity index (χ2n) is 5.91. The first-order valence-corrected chi connectivity index (χ1v) is 8.29. The van der Waals surface area contributed by atoms with Crippen molar-refractivity contribution in [3.05, 3.63) is 33.8 Å². The van der Waals surface area contributed by atoms with Crippen LogP contribution in [0, 0.1) is 11.8 Å². The van der Waals surface area contributed by atoms with Crippen LogP contribution in [0.2, 0.25) is 10.0 Å². The van der Waals surface area contributed by atoms with Crippen molar-refractivity contribution in [2.45, 2.75) is 51.5 Å². The fraction of sp³-hybridized carbons (Fsp3) is 0.625. The van der Waals surface area contributed by atoms with Gasteiger partial charge < -0.3 is 0 Å². The Hall–Kier alpha value is -0.280. The first-order valence-electron chi connectivity index (χ1n) is 7.54. The van der Waals surface area contributed by atoms with Gasteiger partial charge in [0.05, 0.1) is 10.0 Å². The molecule has 1 unspecified atom stereocenters. The Kier molecular flexibility index (Phi) is 6.16. The molecule has 0 spiro atoms. The van der Waals surface area contributed by atoms with E-state index in [2.05, 4.69) is 12.3 Å². The second-order valence-corrected chi connectivity index (χ2v) is 6.73. The van der Waals surface area contributed by atoms with Crippen LogP contribution < -0.4 is 11.3 Å². The number of benzene rings is 1. The molecule has 4 heteroatoms. The molecule has 2 nitrogen and oxygen atoms in total. The lowest BCUT2D eigenvalue weighted by Gasteiger charge is -2.33. The largest absolute Gasteiger partial charge is 0.271 e. The molecule has 0 heterocycles. The average molecular weight is 315 g/mol. The lowest BCUT2D eigenvalue weighted by atomic mass is 9.76. The van der Waals surface area contributed by atoms with Gasteiger partial charge in [0.25, 0.3) is 0 Å². The quantitative estimate of drug-likeness (QED) is 0.616. The van der Waals surface area contributed by atoms with Crippen LogP contribution in [-0.2, 0) is 6.42 Å². The van der Waals surface area contributed by atoms with Crippen LogP contribution in [0.4, 0.5) is 0 Å². The van der Waals surface area contributed by atoms with E-state index in [1.54, 1.807) is 0 Å². The van der Waals surface area contributed by atoms with Crippen LogP contribution in [0.25, 0.3) is 0 Å². The van der Waals surface area contributed by atoms with Crippen molar-refractivity contribution < 1.29 is 0 Å². The molecule has 2 rings (SSSR count). The van der Waals surface area contributed by atoms with E-state index in [0.29, 0.717) is 22.0 Å². The molecule has 1 aliphatic rings. The summed E-state index contributed by atoms with van der Waals surface area (Å²) in [6.45, 7) is 2.29. The average Bonchev–Trinajstić information content (AvgIpc) is 2.48. The molecule has 0 amide bonds. The van der Waals surface area contributed by atoms with Crippen LogP contribution in [0.5, 0.6) is 0 Å². The van der Waals surface area contributed by atoms with Crippen molar-refractivity contribution in [2.24, 2.45) is 17.7 Å². The third-order valence-corrected chi connectivity index (χ3v) is 5.43. The van der Waals surface area contributed by atoms with Crippen molar-refractivity contribution in [3.63, 3.8) is 0 Å². The van der Waals surface area contributed by atoms with Gasteiger partial charge in [-0.1, -0.05) is 55.5 Å². The van der Waals surface area contributed by atoms with Gasteiger partial charge in [-0.05, 0) is 48.8 Å². The van der Waals surface area contributed by atoms with E-state index in [9.17, 15) is 0 Å². The molecule has 0 aromatic heterocycles. The number of hydrazine groups is 1. The predicted molar refractivity (Wildman–Crippen MR) is 87.0 cm³/mol. The Morgan fingerprint density at radius 2 is 1.90 bits per heavy atom. The molecule has 0 aliphatic heterocycles. The SMILES string of the molecule is CCC1CCC(C(Cc2ccc(Cl)c(Cl)c2)NN)CC1. The highest BCUT2D eigenvalue weighted by Crippen LogP contribution is 2.33. The Bertz CT molecular complexity index is 428. The smallest absolute Gasteiger partial charge is 0.0595 e. The third kappa shape index (κ3) is 4.11. The molecule has 0 saturated heterocycles. The molecular weight excluding hydrogens is 291 g/mol. The zero-order chi connectivity index (χ0) is 14.5. The van der Waals surface area contributed by atoms with Crippen LogP contribution in [-0.4, -0.2) is 6.04 Å². The summed E-state index contributed by atoms with van der Waals surface area (Å²) in [6, 6.07) is 6.17. The van der Waals surface area contributed by atoms with E-state index >= 15 is 0 Å². The first kappa shape index (κ1) is 16.1. The number of halogens is 2. The van der Waals surface area contributed by atoms with Crippen molar-refractivity contribution in [3.8, 4) is 0 Å². The Balaban J connectivity index is 1.96. The summed E-state index contributed by atoms with van der Waals surface area (Å²) in [5.41, 5.74) is 4.21. The number of hydrogen-bond acceptors (Lipinski definition) is 2. The van der Waals surface area contributed by atoms with E-state index < -0.39 is 0 Å². The maximum Gasteiger partial charge on any atom is 0.0595 e. The zero-order valence-corrected chi connectivity index (χ0v) is 13.6. The molecule has 1 atom stereocenters. The lowest BCUT2D eigenvalue weighted by molar-refractivity contribution is 0.217. The van der Waals surface area contributed by atoms with E-state index in [-0.39, 0.29) is 0 Å². The monoisotopic (exact) mass is 314 g/mol. The Labute approximate surface area is 132 Å². The van der Waals surface area contributed by atoms with Crippen molar-refractivity contribution in [1.82, 2.24) is 5.43 Å². The van der Waals surface area contributed by atoms with Gasteiger partial charge in [0.1, 0.15) is 0 Å². The van der Waals surface area contributed by atoms with Gasteiger partial charge in [-0.15, -0.1) is 0 Å². The molecular formula is C16H24Cl2N2. The summed E-state index contributed by atoms with van der Waals surface area (Å²) in [5.74, 6) is 7.35. The minimum Gasteiger partial charge on any atom is -0.271 e. The van der Waals surface area contributed by atoms with Gasteiger partial charge in [-0.3, -0.25) is 11.3 Å². The fourth-order valence-electron chi connectivity index (χ4n) is 3.28. The first-order chi connectivity index (χ1) is 9.63. The number of nitrogens with two attached hydrogens (primary N) is 1. The molecule has 1 aliphatic carbocycles. The van der Waals surface area contributed by atoms with Gasteiger partial charge in [0.15, 0.2) is 0 Å².